The molecule has 2 rings (SSSR count). The summed E-state index contributed by atoms with van der Waals surface area (Å²) in [5, 5.41) is 14.1. The Morgan fingerprint density at radius 2 is 2.05 bits per heavy atom. The summed E-state index contributed by atoms with van der Waals surface area (Å²) in [6.45, 7) is 2.10. The van der Waals surface area contributed by atoms with E-state index < -0.39 is 14.8 Å². The number of sulfone groups is 1. The van der Waals surface area contributed by atoms with Gasteiger partial charge in [0.25, 0.3) is 0 Å². The molecule has 1 heterocycles. The van der Waals surface area contributed by atoms with Gasteiger partial charge >= 0.3 is 5.69 Å². The molecule has 0 aliphatic carbocycles. The van der Waals surface area contributed by atoms with Crippen molar-refractivity contribution in [3.05, 3.63) is 28.3 Å². The van der Waals surface area contributed by atoms with Crippen LogP contribution in [0.25, 0.3) is 0 Å². The fraction of sp³-hybridized carbons (Fsp3) is 0.538. The summed E-state index contributed by atoms with van der Waals surface area (Å²) in [4.78, 5) is 10.4. The number of anilines is 1. The molecule has 1 aromatic carbocycles. The standard InChI is InChI=1S/C13H18N2O5S/c1-2-20-13-9-11(3-4-12(13)15(16)17)14-10-5-7-21(18,19)8-6-10/h3-4,9-10,14H,2,5-8H2,1H3. The summed E-state index contributed by atoms with van der Waals surface area (Å²) in [5.74, 6) is 0.572. The van der Waals surface area contributed by atoms with Crippen LogP contribution in [-0.4, -0.2) is 37.5 Å². The number of nitro groups is 1. The summed E-state index contributed by atoms with van der Waals surface area (Å²) in [7, 11) is -2.90. The molecule has 1 aliphatic rings. The van der Waals surface area contributed by atoms with Crippen molar-refractivity contribution in [3.63, 3.8) is 0 Å². The highest BCUT2D eigenvalue weighted by atomic mass is 32.2. The number of rotatable bonds is 5. The van der Waals surface area contributed by atoms with Crippen LogP contribution in [0.4, 0.5) is 11.4 Å². The van der Waals surface area contributed by atoms with Gasteiger partial charge in [-0.15, -0.1) is 0 Å². The molecule has 0 atom stereocenters. The number of hydrogen-bond acceptors (Lipinski definition) is 6. The monoisotopic (exact) mass is 314 g/mol. The largest absolute Gasteiger partial charge is 0.487 e. The van der Waals surface area contributed by atoms with Gasteiger partial charge in [-0.2, -0.15) is 0 Å². The maximum atomic E-state index is 11.4. The average molecular weight is 314 g/mol. The Labute approximate surface area is 123 Å². The van der Waals surface area contributed by atoms with E-state index in [0.29, 0.717) is 25.1 Å². The van der Waals surface area contributed by atoms with Crippen molar-refractivity contribution in [1.82, 2.24) is 0 Å². The molecule has 0 bridgehead atoms. The van der Waals surface area contributed by atoms with Crippen LogP contribution in [0.15, 0.2) is 18.2 Å². The molecule has 1 aromatic rings. The van der Waals surface area contributed by atoms with Crippen LogP contribution >= 0.6 is 0 Å². The zero-order chi connectivity index (χ0) is 15.5. The van der Waals surface area contributed by atoms with Crippen molar-refractivity contribution in [2.24, 2.45) is 0 Å². The second-order valence-electron chi connectivity index (χ2n) is 4.94. The minimum atomic E-state index is -2.90. The van der Waals surface area contributed by atoms with E-state index in [-0.39, 0.29) is 29.0 Å². The second-order valence-corrected chi connectivity index (χ2v) is 7.25. The van der Waals surface area contributed by atoms with E-state index in [1.165, 1.54) is 6.07 Å². The van der Waals surface area contributed by atoms with Crippen LogP contribution in [0.1, 0.15) is 19.8 Å². The lowest BCUT2D eigenvalue weighted by molar-refractivity contribution is -0.385. The third-order valence-corrected chi connectivity index (χ3v) is 5.10. The Hall–Kier alpha value is -1.83. The maximum absolute atomic E-state index is 11.4. The van der Waals surface area contributed by atoms with Crippen molar-refractivity contribution in [1.29, 1.82) is 0 Å². The number of nitrogens with zero attached hydrogens (tertiary/aromatic N) is 1. The highest BCUT2D eigenvalue weighted by molar-refractivity contribution is 7.91. The zero-order valence-corrected chi connectivity index (χ0v) is 12.6. The molecule has 0 radical (unpaired) electrons. The van der Waals surface area contributed by atoms with Gasteiger partial charge in [0.15, 0.2) is 5.75 Å². The SMILES string of the molecule is CCOc1cc(NC2CCS(=O)(=O)CC2)ccc1[N+](=O)[O-]. The van der Waals surface area contributed by atoms with Gasteiger partial charge in [-0.3, -0.25) is 10.1 Å². The van der Waals surface area contributed by atoms with Gasteiger partial charge in [-0.05, 0) is 25.8 Å². The average Bonchev–Trinajstić information content (AvgIpc) is 2.41. The van der Waals surface area contributed by atoms with Gasteiger partial charge in [0, 0.05) is 23.9 Å². The zero-order valence-electron chi connectivity index (χ0n) is 11.7. The molecule has 0 unspecified atom stereocenters. The summed E-state index contributed by atoms with van der Waals surface area (Å²) < 4.78 is 28.1. The molecule has 116 valence electrons. The van der Waals surface area contributed by atoms with Gasteiger partial charge in [-0.1, -0.05) is 0 Å². The van der Waals surface area contributed by atoms with E-state index >= 15 is 0 Å². The number of nitrogens with one attached hydrogen (secondary N) is 1. The first-order valence-electron chi connectivity index (χ1n) is 6.79. The van der Waals surface area contributed by atoms with Crippen molar-refractivity contribution in [2.75, 3.05) is 23.4 Å². The van der Waals surface area contributed by atoms with Crippen LogP contribution in [0, 0.1) is 10.1 Å². The lowest BCUT2D eigenvalue weighted by Gasteiger charge is -2.24. The Kier molecular flexibility index (Phi) is 4.66. The third-order valence-electron chi connectivity index (χ3n) is 3.38. The minimum Gasteiger partial charge on any atom is -0.487 e. The first-order valence-corrected chi connectivity index (χ1v) is 8.61. The molecule has 0 aromatic heterocycles. The van der Waals surface area contributed by atoms with Crippen molar-refractivity contribution < 1.29 is 18.1 Å². The van der Waals surface area contributed by atoms with Gasteiger partial charge in [0.1, 0.15) is 9.84 Å². The van der Waals surface area contributed by atoms with Crippen LogP contribution in [-0.2, 0) is 9.84 Å². The lowest BCUT2D eigenvalue weighted by Crippen LogP contribution is -2.32. The fourth-order valence-electron chi connectivity index (χ4n) is 2.30. The normalized spacial score (nSPS) is 18.1. The predicted molar refractivity (Wildman–Crippen MR) is 79.6 cm³/mol. The predicted octanol–water partition coefficient (Wildman–Crippen LogP) is 1.98. The first-order chi connectivity index (χ1) is 9.91. The molecule has 1 saturated heterocycles. The molecular weight excluding hydrogens is 296 g/mol. The van der Waals surface area contributed by atoms with Gasteiger partial charge < -0.3 is 10.1 Å². The number of ether oxygens (including phenoxy) is 1. The topological polar surface area (TPSA) is 98.5 Å². The van der Waals surface area contributed by atoms with Crippen molar-refractivity contribution in [2.45, 2.75) is 25.8 Å². The number of nitro benzene ring substituents is 1. The van der Waals surface area contributed by atoms with Crippen LogP contribution < -0.4 is 10.1 Å². The Balaban J connectivity index is 2.10. The van der Waals surface area contributed by atoms with Crippen LogP contribution in [0.5, 0.6) is 5.75 Å². The quantitative estimate of drug-likeness (QED) is 0.659. The fourth-order valence-corrected chi connectivity index (χ4v) is 3.79. The van der Waals surface area contributed by atoms with Crippen molar-refractivity contribution >= 4 is 21.2 Å². The summed E-state index contributed by atoms with van der Waals surface area (Å²) in [5.41, 5.74) is 0.627. The Bertz CT molecular complexity index is 615. The summed E-state index contributed by atoms with van der Waals surface area (Å²) >= 11 is 0. The van der Waals surface area contributed by atoms with Gasteiger partial charge in [0.2, 0.25) is 0 Å². The molecule has 7 nitrogen and oxygen atoms in total. The van der Waals surface area contributed by atoms with Crippen LogP contribution in [0.3, 0.4) is 0 Å². The van der Waals surface area contributed by atoms with Crippen LogP contribution in [0.2, 0.25) is 0 Å². The molecule has 8 heteroatoms. The van der Waals surface area contributed by atoms with Gasteiger partial charge in [-0.25, -0.2) is 8.42 Å². The van der Waals surface area contributed by atoms with E-state index in [0.717, 1.165) is 0 Å². The molecule has 0 amide bonds. The molecule has 1 fully saturated rings. The van der Waals surface area contributed by atoms with E-state index in [9.17, 15) is 18.5 Å². The molecule has 0 saturated carbocycles. The number of hydrogen-bond donors (Lipinski definition) is 1. The smallest absolute Gasteiger partial charge is 0.311 e. The van der Waals surface area contributed by atoms with E-state index in [2.05, 4.69) is 5.32 Å². The molecule has 0 spiro atoms. The number of benzene rings is 1. The van der Waals surface area contributed by atoms with E-state index in [4.69, 9.17) is 4.74 Å². The van der Waals surface area contributed by atoms with Gasteiger partial charge in [0.05, 0.1) is 23.0 Å². The first kappa shape index (κ1) is 15.6. The maximum Gasteiger partial charge on any atom is 0.311 e. The summed E-state index contributed by atoms with van der Waals surface area (Å²) in [6.07, 6.45) is 1.09. The molecule has 1 N–H and O–H groups in total. The summed E-state index contributed by atoms with van der Waals surface area (Å²) in [6, 6.07) is 4.66. The van der Waals surface area contributed by atoms with E-state index in [1.807, 2.05) is 0 Å². The molecular formula is C13H18N2O5S. The highest BCUT2D eigenvalue weighted by Gasteiger charge is 2.24. The Morgan fingerprint density at radius 3 is 2.62 bits per heavy atom. The lowest BCUT2D eigenvalue weighted by atomic mass is 10.1. The molecule has 1 aliphatic heterocycles. The highest BCUT2D eigenvalue weighted by Crippen LogP contribution is 2.31. The second kappa shape index (κ2) is 6.30. The third kappa shape index (κ3) is 4.07. The molecule has 21 heavy (non-hydrogen) atoms. The Morgan fingerprint density at radius 1 is 1.38 bits per heavy atom. The van der Waals surface area contributed by atoms with Crippen molar-refractivity contribution in [3.8, 4) is 5.75 Å². The minimum absolute atomic E-state index is 0.0597. The van der Waals surface area contributed by atoms with E-state index in [1.54, 1.807) is 19.1 Å².